The molecule has 9 heteroatoms. The van der Waals surface area contributed by atoms with Gasteiger partial charge in [-0.05, 0) is 37.5 Å². The van der Waals surface area contributed by atoms with E-state index in [1.165, 1.54) is 16.8 Å². The summed E-state index contributed by atoms with van der Waals surface area (Å²) in [4.78, 5) is 40.4. The van der Waals surface area contributed by atoms with Gasteiger partial charge in [0.2, 0.25) is 0 Å². The third-order valence-corrected chi connectivity index (χ3v) is 6.53. The number of carbonyl (C=O) groups excluding carboxylic acids is 1. The number of ether oxygens (including phenoxy) is 1. The SMILES string of the molecule is C[C@]1(O)CC2(CCN(C(=O)c3ccc(CN)cc3)CC2)OC[C@@H]1n1ccc(=O)[nH]c1=O. The molecule has 166 valence electrons. The van der Waals surface area contributed by atoms with Crippen molar-refractivity contribution in [2.45, 2.75) is 50.0 Å². The van der Waals surface area contributed by atoms with Crippen molar-refractivity contribution >= 4 is 5.91 Å². The van der Waals surface area contributed by atoms with E-state index in [9.17, 15) is 19.5 Å². The molecule has 2 aliphatic rings. The molecule has 1 amide bonds. The van der Waals surface area contributed by atoms with Gasteiger partial charge in [0.25, 0.3) is 11.5 Å². The molecule has 0 unspecified atom stereocenters. The summed E-state index contributed by atoms with van der Waals surface area (Å²) in [6, 6.07) is 7.96. The Morgan fingerprint density at radius 1 is 1.23 bits per heavy atom. The molecule has 1 spiro atoms. The molecule has 0 aliphatic carbocycles. The second-order valence-electron chi connectivity index (χ2n) is 8.75. The average molecular weight is 428 g/mol. The number of nitrogens with one attached hydrogen (secondary N) is 1. The summed E-state index contributed by atoms with van der Waals surface area (Å²) >= 11 is 0. The van der Waals surface area contributed by atoms with Gasteiger partial charge in [0.1, 0.15) is 0 Å². The molecule has 0 saturated carbocycles. The number of amides is 1. The molecule has 2 aliphatic heterocycles. The topological polar surface area (TPSA) is 131 Å². The predicted molar refractivity (Wildman–Crippen MR) is 114 cm³/mol. The van der Waals surface area contributed by atoms with Gasteiger partial charge in [-0.25, -0.2) is 4.79 Å². The van der Waals surface area contributed by atoms with Crippen molar-refractivity contribution in [2.75, 3.05) is 19.7 Å². The number of nitrogens with two attached hydrogens (primary N) is 1. The van der Waals surface area contributed by atoms with Crippen LogP contribution in [-0.2, 0) is 11.3 Å². The summed E-state index contributed by atoms with van der Waals surface area (Å²) in [5.41, 5.74) is 4.41. The number of benzene rings is 1. The van der Waals surface area contributed by atoms with Crippen molar-refractivity contribution in [1.82, 2.24) is 14.5 Å². The van der Waals surface area contributed by atoms with Crippen molar-refractivity contribution in [2.24, 2.45) is 5.73 Å². The first-order chi connectivity index (χ1) is 14.7. The van der Waals surface area contributed by atoms with E-state index in [0.29, 0.717) is 44.5 Å². The molecule has 3 heterocycles. The van der Waals surface area contributed by atoms with Crippen LogP contribution in [0.15, 0.2) is 46.1 Å². The minimum absolute atomic E-state index is 0.0290. The number of H-pyrrole nitrogens is 1. The summed E-state index contributed by atoms with van der Waals surface area (Å²) in [6.07, 6.45) is 2.92. The largest absolute Gasteiger partial charge is 0.388 e. The third kappa shape index (κ3) is 4.21. The van der Waals surface area contributed by atoms with Crippen LogP contribution in [-0.4, -0.2) is 56.4 Å². The van der Waals surface area contributed by atoms with E-state index in [4.69, 9.17) is 10.5 Å². The van der Waals surface area contributed by atoms with Gasteiger partial charge in [0.05, 0.1) is 23.9 Å². The molecular weight excluding hydrogens is 400 g/mol. The molecular formula is C22H28N4O5. The lowest BCUT2D eigenvalue weighted by Crippen LogP contribution is -2.59. The zero-order valence-corrected chi connectivity index (χ0v) is 17.5. The molecule has 2 aromatic rings. The molecule has 2 saturated heterocycles. The van der Waals surface area contributed by atoms with Crippen LogP contribution in [0.3, 0.4) is 0 Å². The van der Waals surface area contributed by atoms with E-state index in [1.54, 1.807) is 24.0 Å². The van der Waals surface area contributed by atoms with Crippen LogP contribution in [0, 0.1) is 0 Å². The Hall–Kier alpha value is -2.75. The number of piperidine rings is 1. The zero-order chi connectivity index (χ0) is 22.2. The smallest absolute Gasteiger partial charge is 0.328 e. The van der Waals surface area contributed by atoms with Crippen LogP contribution in [0.4, 0.5) is 0 Å². The highest BCUT2D eigenvalue weighted by Crippen LogP contribution is 2.43. The van der Waals surface area contributed by atoms with Gasteiger partial charge in [0.15, 0.2) is 0 Å². The van der Waals surface area contributed by atoms with Gasteiger partial charge in [-0.1, -0.05) is 12.1 Å². The van der Waals surface area contributed by atoms with Gasteiger partial charge in [-0.15, -0.1) is 0 Å². The molecule has 31 heavy (non-hydrogen) atoms. The van der Waals surface area contributed by atoms with Gasteiger partial charge in [0, 0.05) is 43.9 Å². The van der Waals surface area contributed by atoms with E-state index >= 15 is 0 Å². The van der Waals surface area contributed by atoms with Gasteiger partial charge >= 0.3 is 5.69 Å². The summed E-state index contributed by atoms with van der Waals surface area (Å²) in [7, 11) is 0. The Balaban J connectivity index is 1.43. The fourth-order valence-electron chi connectivity index (χ4n) is 4.71. The molecule has 2 fully saturated rings. The quantitative estimate of drug-likeness (QED) is 0.648. The first-order valence-electron chi connectivity index (χ1n) is 10.5. The predicted octanol–water partition coefficient (Wildman–Crippen LogP) is 0.383. The maximum atomic E-state index is 12.8. The first kappa shape index (κ1) is 21.5. The summed E-state index contributed by atoms with van der Waals surface area (Å²) in [5, 5.41) is 11.2. The Morgan fingerprint density at radius 2 is 1.90 bits per heavy atom. The van der Waals surface area contributed by atoms with E-state index in [1.807, 2.05) is 12.1 Å². The highest BCUT2D eigenvalue weighted by atomic mass is 16.5. The first-order valence-corrected chi connectivity index (χ1v) is 10.5. The fourth-order valence-corrected chi connectivity index (χ4v) is 4.71. The van der Waals surface area contributed by atoms with E-state index in [0.717, 1.165) is 5.56 Å². The van der Waals surface area contributed by atoms with Crippen LogP contribution >= 0.6 is 0 Å². The number of hydrogen-bond acceptors (Lipinski definition) is 6. The number of carbonyl (C=O) groups is 1. The number of aromatic nitrogens is 2. The number of hydrogen-bond donors (Lipinski definition) is 3. The normalized spacial score (nSPS) is 25.5. The molecule has 0 bridgehead atoms. The molecule has 9 nitrogen and oxygen atoms in total. The van der Waals surface area contributed by atoms with Crippen molar-refractivity contribution in [3.63, 3.8) is 0 Å². The van der Waals surface area contributed by atoms with Crippen molar-refractivity contribution in [3.05, 3.63) is 68.5 Å². The summed E-state index contributed by atoms with van der Waals surface area (Å²) < 4.78 is 7.51. The van der Waals surface area contributed by atoms with Gasteiger partial charge in [-0.2, -0.15) is 0 Å². The Morgan fingerprint density at radius 3 is 2.48 bits per heavy atom. The molecule has 2 atom stereocenters. The number of likely N-dealkylation sites (tertiary alicyclic amines) is 1. The van der Waals surface area contributed by atoms with Crippen molar-refractivity contribution in [3.8, 4) is 0 Å². The number of aromatic amines is 1. The lowest BCUT2D eigenvalue weighted by atomic mass is 9.75. The fraction of sp³-hybridized carbons (Fsp3) is 0.500. The lowest BCUT2D eigenvalue weighted by molar-refractivity contribution is -0.195. The van der Waals surface area contributed by atoms with Gasteiger partial charge < -0.3 is 20.5 Å². The Kier molecular flexibility index (Phi) is 5.59. The second-order valence-corrected chi connectivity index (χ2v) is 8.75. The monoisotopic (exact) mass is 428 g/mol. The summed E-state index contributed by atoms with van der Waals surface area (Å²) in [6.45, 7) is 3.32. The number of rotatable bonds is 3. The summed E-state index contributed by atoms with van der Waals surface area (Å²) in [5.74, 6) is -0.0290. The van der Waals surface area contributed by atoms with Crippen LogP contribution in [0.1, 0.15) is 48.1 Å². The molecule has 4 rings (SSSR count). The van der Waals surface area contributed by atoms with Crippen LogP contribution in [0.5, 0.6) is 0 Å². The molecule has 1 aromatic carbocycles. The average Bonchev–Trinajstić information content (AvgIpc) is 2.74. The Labute approximate surface area is 179 Å². The van der Waals surface area contributed by atoms with Crippen LogP contribution in [0.25, 0.3) is 0 Å². The lowest BCUT2D eigenvalue weighted by Gasteiger charge is -2.51. The number of nitrogens with zero attached hydrogens (tertiary/aromatic N) is 2. The standard InChI is InChI=1S/C22H28N4O5/c1-21(30)14-22(31-13-17(21)26-9-6-18(27)24-20(26)29)7-10-25(11-8-22)19(28)16-4-2-15(12-23)3-5-16/h2-6,9,17,30H,7-8,10-14,23H2,1H3,(H,24,27,29)/t17-,21-/m0/s1. The minimum Gasteiger partial charge on any atom is -0.388 e. The third-order valence-electron chi connectivity index (χ3n) is 6.53. The molecule has 0 radical (unpaired) electrons. The highest BCUT2D eigenvalue weighted by Gasteiger charge is 2.50. The van der Waals surface area contributed by atoms with E-state index < -0.39 is 28.5 Å². The van der Waals surface area contributed by atoms with Crippen molar-refractivity contribution in [1.29, 1.82) is 0 Å². The second kappa shape index (κ2) is 8.07. The Bertz CT molecular complexity index is 1060. The maximum absolute atomic E-state index is 12.8. The number of aliphatic hydroxyl groups is 1. The van der Waals surface area contributed by atoms with Crippen LogP contribution < -0.4 is 17.0 Å². The van der Waals surface area contributed by atoms with Crippen molar-refractivity contribution < 1.29 is 14.6 Å². The van der Waals surface area contributed by atoms with Gasteiger partial charge in [-0.3, -0.25) is 19.1 Å². The van der Waals surface area contributed by atoms with E-state index in [2.05, 4.69) is 4.98 Å². The maximum Gasteiger partial charge on any atom is 0.328 e. The minimum atomic E-state index is -1.20. The van der Waals surface area contributed by atoms with E-state index in [-0.39, 0.29) is 12.5 Å². The molecule has 4 N–H and O–H groups in total. The molecule has 1 aromatic heterocycles. The van der Waals surface area contributed by atoms with Crippen LogP contribution in [0.2, 0.25) is 0 Å². The highest BCUT2D eigenvalue weighted by molar-refractivity contribution is 5.94. The zero-order valence-electron chi connectivity index (χ0n) is 17.5.